The van der Waals surface area contributed by atoms with E-state index >= 15 is 0 Å². The molecule has 0 amide bonds. The van der Waals surface area contributed by atoms with Gasteiger partial charge in [0.1, 0.15) is 19.8 Å². The van der Waals surface area contributed by atoms with Gasteiger partial charge < -0.3 is 29.5 Å². The Kier molecular flexibility index (Phi) is 52.3. The Hall–Kier alpha value is -2.53. The van der Waals surface area contributed by atoms with Crippen LogP contribution in [-0.4, -0.2) is 95.9 Å². The van der Waals surface area contributed by atoms with Crippen molar-refractivity contribution in [2.45, 2.75) is 289 Å². The fraction of sp³-hybridized carbons (Fsp3) is 0.850. The van der Waals surface area contributed by atoms with Gasteiger partial charge >= 0.3 is 17.9 Å². The molecular weight excluding hydrogens is 879 g/mol. The Labute approximate surface area is 430 Å². The fourth-order valence-corrected chi connectivity index (χ4v) is 8.49. The molecule has 0 aromatic heterocycles. The summed E-state index contributed by atoms with van der Waals surface area (Å²) in [6, 6.07) is 0. The normalized spacial score (nSPS) is 13.2. The Morgan fingerprint density at radius 3 is 0.900 bits per heavy atom. The molecule has 0 aliphatic heterocycles. The summed E-state index contributed by atoms with van der Waals surface area (Å²) in [5.74, 6) is -0.601. The maximum atomic E-state index is 12.5. The number of nitrogens with zero attached hydrogens (tertiary/aromatic N) is 1. The van der Waals surface area contributed by atoms with Gasteiger partial charge in [-0.05, 0) is 96.3 Å². The third kappa shape index (κ3) is 51.8. The van der Waals surface area contributed by atoms with Crippen molar-refractivity contribution < 1.29 is 43.9 Å². The lowest BCUT2D eigenvalue weighted by Gasteiger charge is -2.22. The van der Waals surface area contributed by atoms with E-state index in [0.29, 0.717) is 38.9 Å². The summed E-state index contributed by atoms with van der Waals surface area (Å²) in [5.41, 5.74) is 0. The lowest BCUT2D eigenvalue weighted by Crippen LogP contribution is -2.35. The number of rotatable bonds is 54. The molecule has 3 atom stereocenters. The summed E-state index contributed by atoms with van der Waals surface area (Å²) in [7, 11) is 0. The fourth-order valence-electron chi connectivity index (χ4n) is 8.49. The van der Waals surface area contributed by atoms with E-state index in [1.165, 1.54) is 57.8 Å². The first-order valence-electron chi connectivity index (χ1n) is 29.4. The van der Waals surface area contributed by atoms with Crippen molar-refractivity contribution in [2.75, 3.05) is 39.5 Å². The van der Waals surface area contributed by atoms with Crippen molar-refractivity contribution in [1.29, 1.82) is 0 Å². The van der Waals surface area contributed by atoms with Crippen LogP contribution in [0.5, 0.6) is 0 Å². The highest BCUT2D eigenvalue weighted by Gasteiger charge is 2.12. The highest BCUT2D eigenvalue weighted by molar-refractivity contribution is 5.70. The molecule has 70 heavy (non-hydrogen) atoms. The molecule has 0 unspecified atom stereocenters. The average molecular weight is 991 g/mol. The number of unbranched alkanes of at least 4 members (excludes halogenated alkanes) is 24. The third-order valence-corrected chi connectivity index (χ3v) is 13.2. The topological polar surface area (TPSA) is 143 Å². The SMILES string of the molecule is CCCCCC[C@@H](O)C/C=C\CCCCCCCC(=O)OCCN(CCOC(=O)CCCCCCC/C=C\C[C@H](O)CCCCCC)CCOC(=O)CCCCCCC/C=C\C[C@H](O)CCCCCC. The molecular formula is C60H111NO9. The second kappa shape index (κ2) is 54.2. The van der Waals surface area contributed by atoms with Crippen LogP contribution in [0.2, 0.25) is 0 Å². The van der Waals surface area contributed by atoms with Gasteiger partial charge in [0.15, 0.2) is 0 Å². The van der Waals surface area contributed by atoms with E-state index in [-0.39, 0.29) is 56.0 Å². The molecule has 0 spiro atoms. The second-order valence-corrected chi connectivity index (χ2v) is 20.1. The van der Waals surface area contributed by atoms with E-state index in [1.807, 2.05) is 4.90 Å². The first kappa shape index (κ1) is 67.5. The summed E-state index contributed by atoms with van der Waals surface area (Å²) in [5, 5.41) is 30.4. The zero-order chi connectivity index (χ0) is 51.2. The Balaban J connectivity index is 4.45. The van der Waals surface area contributed by atoms with Crippen molar-refractivity contribution >= 4 is 17.9 Å². The van der Waals surface area contributed by atoms with E-state index in [1.54, 1.807) is 0 Å². The molecule has 0 aliphatic rings. The summed E-state index contributed by atoms with van der Waals surface area (Å²) >= 11 is 0. The van der Waals surface area contributed by atoms with Crippen molar-refractivity contribution in [3.8, 4) is 0 Å². The van der Waals surface area contributed by atoms with Gasteiger partial charge in [0.25, 0.3) is 0 Å². The van der Waals surface area contributed by atoms with Gasteiger partial charge in [0, 0.05) is 38.9 Å². The average Bonchev–Trinajstić information content (AvgIpc) is 3.34. The summed E-state index contributed by atoms with van der Waals surface area (Å²) in [4.78, 5) is 39.7. The lowest BCUT2D eigenvalue weighted by atomic mass is 10.1. The van der Waals surface area contributed by atoms with Crippen LogP contribution in [0, 0.1) is 0 Å². The maximum absolute atomic E-state index is 12.5. The van der Waals surface area contributed by atoms with Crippen LogP contribution in [0.1, 0.15) is 271 Å². The molecule has 0 saturated carbocycles. The number of esters is 3. The largest absolute Gasteiger partial charge is 0.464 e. The number of allylic oxidation sites excluding steroid dienone is 3. The number of ether oxygens (including phenoxy) is 3. The van der Waals surface area contributed by atoms with Crippen LogP contribution in [-0.2, 0) is 28.6 Å². The van der Waals surface area contributed by atoms with Gasteiger partial charge in [0.2, 0.25) is 0 Å². The van der Waals surface area contributed by atoms with Gasteiger partial charge in [-0.2, -0.15) is 0 Å². The molecule has 0 rings (SSSR count). The smallest absolute Gasteiger partial charge is 0.305 e. The number of hydrogen-bond acceptors (Lipinski definition) is 10. The monoisotopic (exact) mass is 990 g/mol. The van der Waals surface area contributed by atoms with E-state index in [4.69, 9.17) is 14.2 Å². The lowest BCUT2D eigenvalue weighted by molar-refractivity contribution is -0.144. The van der Waals surface area contributed by atoms with E-state index in [9.17, 15) is 29.7 Å². The number of aliphatic hydroxyl groups excluding tert-OH is 3. The van der Waals surface area contributed by atoms with E-state index < -0.39 is 0 Å². The Morgan fingerprint density at radius 2 is 0.614 bits per heavy atom. The zero-order valence-electron chi connectivity index (χ0n) is 45.8. The molecule has 0 radical (unpaired) electrons. The molecule has 0 saturated heterocycles. The first-order chi connectivity index (χ1) is 34.2. The minimum atomic E-state index is -0.222. The molecule has 10 nitrogen and oxygen atoms in total. The van der Waals surface area contributed by atoms with Crippen LogP contribution < -0.4 is 0 Å². The zero-order valence-corrected chi connectivity index (χ0v) is 45.8. The minimum absolute atomic E-state index is 0.200. The maximum Gasteiger partial charge on any atom is 0.305 e. The molecule has 0 aromatic carbocycles. The van der Waals surface area contributed by atoms with Crippen LogP contribution >= 0.6 is 0 Å². The van der Waals surface area contributed by atoms with E-state index in [0.717, 1.165) is 173 Å². The van der Waals surface area contributed by atoms with Crippen molar-refractivity contribution in [1.82, 2.24) is 4.90 Å². The van der Waals surface area contributed by atoms with Gasteiger partial charge in [-0.15, -0.1) is 0 Å². The van der Waals surface area contributed by atoms with Crippen LogP contribution in [0.4, 0.5) is 0 Å². The van der Waals surface area contributed by atoms with Crippen molar-refractivity contribution in [3.05, 3.63) is 36.5 Å². The summed E-state index contributed by atoms with van der Waals surface area (Å²) < 4.78 is 16.8. The standard InChI is InChI=1S/C60H111NO9/c1-4-7-10-31-40-55(62)43-34-25-19-13-16-22-28-37-46-58(65)68-52-49-61(50-53-69-59(66)47-38-29-23-17-14-20-26-35-44-56(63)41-32-11-8-5-2)51-54-70-60(67)48-39-30-24-18-15-21-27-36-45-57(64)42-33-12-9-6-3/h25-27,34-36,55-57,62-64H,4-24,28-33,37-54H2,1-3H3/b34-25-,35-26-,36-27-/t55-,56-,57-/m1/s1. The van der Waals surface area contributed by atoms with Crippen molar-refractivity contribution in [2.24, 2.45) is 0 Å². The first-order valence-corrected chi connectivity index (χ1v) is 29.4. The molecule has 0 bridgehead atoms. The molecule has 0 aliphatic carbocycles. The number of hydrogen-bond donors (Lipinski definition) is 3. The number of aliphatic hydroxyl groups is 3. The highest BCUT2D eigenvalue weighted by atomic mass is 16.5. The third-order valence-electron chi connectivity index (χ3n) is 13.2. The van der Waals surface area contributed by atoms with Crippen LogP contribution in [0.3, 0.4) is 0 Å². The molecule has 3 N–H and O–H groups in total. The number of carbonyl (C=O) groups excluding carboxylic acids is 3. The predicted molar refractivity (Wildman–Crippen MR) is 292 cm³/mol. The van der Waals surface area contributed by atoms with Gasteiger partial charge in [-0.3, -0.25) is 19.3 Å². The van der Waals surface area contributed by atoms with Crippen LogP contribution in [0.25, 0.3) is 0 Å². The van der Waals surface area contributed by atoms with Crippen LogP contribution in [0.15, 0.2) is 36.5 Å². The van der Waals surface area contributed by atoms with Gasteiger partial charge in [0.05, 0.1) is 18.3 Å². The van der Waals surface area contributed by atoms with Gasteiger partial charge in [-0.25, -0.2) is 0 Å². The molecule has 0 aromatic rings. The number of carbonyl (C=O) groups is 3. The molecule has 0 fully saturated rings. The van der Waals surface area contributed by atoms with E-state index in [2.05, 4.69) is 57.2 Å². The molecule has 410 valence electrons. The Morgan fingerprint density at radius 1 is 0.357 bits per heavy atom. The molecule has 10 heteroatoms. The summed E-state index contributed by atoms with van der Waals surface area (Å²) in [6.07, 6.45) is 51.1. The minimum Gasteiger partial charge on any atom is -0.464 e. The highest BCUT2D eigenvalue weighted by Crippen LogP contribution is 2.15. The molecule has 0 heterocycles. The van der Waals surface area contributed by atoms with Gasteiger partial charge in [-0.1, -0.05) is 192 Å². The van der Waals surface area contributed by atoms with Crippen molar-refractivity contribution in [3.63, 3.8) is 0 Å². The Bertz CT molecular complexity index is 1090. The quantitative estimate of drug-likeness (QED) is 0.0233. The summed E-state index contributed by atoms with van der Waals surface area (Å²) in [6.45, 7) is 8.70. The predicted octanol–water partition coefficient (Wildman–Crippen LogP) is 14.9. The second-order valence-electron chi connectivity index (χ2n) is 20.1.